The number of hydrogen-bond donors (Lipinski definition) is 1. The van der Waals surface area contributed by atoms with Crippen LogP contribution in [0.3, 0.4) is 0 Å². The molecule has 96 valence electrons. The summed E-state index contributed by atoms with van der Waals surface area (Å²) in [6.07, 6.45) is 0. The third-order valence-corrected chi connectivity index (χ3v) is 4.28. The predicted octanol–water partition coefficient (Wildman–Crippen LogP) is 5.72. The highest BCUT2D eigenvalue weighted by Gasteiger charge is 2.11. The van der Waals surface area contributed by atoms with E-state index in [-0.39, 0.29) is 0 Å². The molecule has 0 aliphatic heterocycles. The zero-order chi connectivity index (χ0) is 13.6. The molecule has 1 N–H and O–H groups in total. The van der Waals surface area contributed by atoms with Crippen molar-refractivity contribution in [1.82, 2.24) is 9.97 Å². The van der Waals surface area contributed by atoms with Gasteiger partial charge in [-0.2, -0.15) is 0 Å². The average molecular weight is 401 g/mol. The van der Waals surface area contributed by atoms with Crippen molar-refractivity contribution in [2.75, 3.05) is 0 Å². The van der Waals surface area contributed by atoms with E-state index in [0.29, 0.717) is 5.02 Å². The highest BCUT2D eigenvalue weighted by molar-refractivity contribution is 9.10. The molecule has 2 nitrogen and oxygen atoms in total. The van der Waals surface area contributed by atoms with Crippen LogP contribution in [0.5, 0.6) is 0 Å². The van der Waals surface area contributed by atoms with Crippen molar-refractivity contribution >= 4 is 54.5 Å². The van der Waals surface area contributed by atoms with Crippen molar-refractivity contribution in [2.24, 2.45) is 0 Å². The van der Waals surface area contributed by atoms with E-state index in [1.807, 2.05) is 24.3 Å². The van der Waals surface area contributed by atoms with Crippen LogP contribution in [-0.4, -0.2) is 9.97 Å². The van der Waals surface area contributed by atoms with Crippen LogP contribution < -0.4 is 0 Å². The van der Waals surface area contributed by atoms with Gasteiger partial charge in [-0.1, -0.05) is 27.5 Å². The fourth-order valence-corrected chi connectivity index (χ4v) is 3.50. The van der Waals surface area contributed by atoms with E-state index in [1.165, 1.54) is 0 Å². The van der Waals surface area contributed by atoms with Gasteiger partial charge in [0.25, 0.3) is 0 Å². The zero-order valence-electron chi connectivity index (χ0n) is 9.97. The number of rotatable bonds is 1. The summed E-state index contributed by atoms with van der Waals surface area (Å²) in [5.74, 6) is 0.833. The highest BCUT2D eigenvalue weighted by Crippen LogP contribution is 2.31. The first-order chi connectivity index (χ1) is 9.04. The molecule has 0 saturated heterocycles. The number of aromatic amines is 1. The van der Waals surface area contributed by atoms with E-state index in [4.69, 9.17) is 11.6 Å². The minimum Gasteiger partial charge on any atom is -0.338 e. The number of halogens is 3. The molecule has 0 spiro atoms. The number of nitrogens with one attached hydrogen (secondary N) is 1. The van der Waals surface area contributed by atoms with E-state index in [1.54, 1.807) is 0 Å². The van der Waals surface area contributed by atoms with Gasteiger partial charge in [0.2, 0.25) is 0 Å². The van der Waals surface area contributed by atoms with Gasteiger partial charge in [-0.25, -0.2) is 4.98 Å². The van der Waals surface area contributed by atoms with Gasteiger partial charge in [0.1, 0.15) is 5.82 Å². The molecule has 0 atom stereocenters. The van der Waals surface area contributed by atoms with Crippen LogP contribution in [0.25, 0.3) is 22.4 Å². The Morgan fingerprint density at radius 3 is 2.68 bits per heavy atom. The number of nitrogens with zero attached hydrogens (tertiary/aromatic N) is 1. The molecule has 0 bridgehead atoms. The van der Waals surface area contributed by atoms with Crippen molar-refractivity contribution < 1.29 is 0 Å². The lowest BCUT2D eigenvalue weighted by molar-refractivity contribution is 1.32. The molecule has 1 aromatic heterocycles. The smallest absolute Gasteiger partial charge is 0.139 e. The van der Waals surface area contributed by atoms with Crippen LogP contribution in [0, 0.1) is 6.92 Å². The van der Waals surface area contributed by atoms with Crippen LogP contribution in [-0.2, 0) is 0 Å². The lowest BCUT2D eigenvalue weighted by Gasteiger charge is -2.00. The SMILES string of the molecule is Cc1cc(Br)cc2[nH]c(-c3ccc(Cl)cc3Br)nc12. The van der Waals surface area contributed by atoms with Gasteiger partial charge >= 0.3 is 0 Å². The molecule has 0 fully saturated rings. The second-order valence-corrected chi connectivity index (χ2v) is 6.53. The minimum absolute atomic E-state index is 0.700. The fourth-order valence-electron chi connectivity index (χ4n) is 2.06. The van der Waals surface area contributed by atoms with Gasteiger partial charge in [-0.3, -0.25) is 0 Å². The van der Waals surface area contributed by atoms with Crippen molar-refractivity contribution in [3.8, 4) is 11.4 Å². The monoisotopic (exact) mass is 398 g/mol. The maximum absolute atomic E-state index is 5.96. The number of aryl methyl sites for hydroxylation is 1. The first-order valence-electron chi connectivity index (χ1n) is 5.66. The topological polar surface area (TPSA) is 28.7 Å². The molecule has 0 aliphatic rings. The van der Waals surface area contributed by atoms with Crippen molar-refractivity contribution in [1.29, 1.82) is 0 Å². The maximum Gasteiger partial charge on any atom is 0.139 e. The standard InChI is InChI=1S/C14H9Br2ClN2/c1-7-4-8(15)5-12-13(7)19-14(18-12)10-3-2-9(17)6-11(10)16/h2-6H,1H3,(H,18,19). The van der Waals surface area contributed by atoms with Gasteiger partial charge in [-0.05, 0) is 58.7 Å². The van der Waals surface area contributed by atoms with E-state index >= 15 is 0 Å². The Labute approximate surface area is 132 Å². The molecule has 0 aliphatic carbocycles. The molecule has 0 radical (unpaired) electrons. The van der Waals surface area contributed by atoms with Crippen LogP contribution in [0.4, 0.5) is 0 Å². The maximum atomic E-state index is 5.96. The fraction of sp³-hybridized carbons (Fsp3) is 0.0714. The summed E-state index contributed by atoms with van der Waals surface area (Å²) in [6, 6.07) is 9.77. The summed E-state index contributed by atoms with van der Waals surface area (Å²) in [4.78, 5) is 8.00. The molecule has 0 amide bonds. The number of imidazole rings is 1. The van der Waals surface area contributed by atoms with E-state index in [2.05, 4.69) is 54.8 Å². The van der Waals surface area contributed by atoms with Gasteiger partial charge < -0.3 is 4.98 Å². The van der Waals surface area contributed by atoms with Crippen molar-refractivity contribution in [3.63, 3.8) is 0 Å². The number of fused-ring (bicyclic) bond motifs is 1. The van der Waals surface area contributed by atoms with E-state index in [0.717, 1.165) is 36.9 Å². The number of aromatic nitrogens is 2. The first kappa shape index (κ1) is 13.2. The Kier molecular flexibility index (Phi) is 3.41. The first-order valence-corrected chi connectivity index (χ1v) is 7.62. The molecule has 5 heteroatoms. The summed E-state index contributed by atoms with van der Waals surface area (Å²) >= 11 is 13.0. The summed E-state index contributed by atoms with van der Waals surface area (Å²) < 4.78 is 1.97. The Balaban J connectivity index is 2.23. The number of hydrogen-bond acceptors (Lipinski definition) is 1. The molecule has 0 unspecified atom stereocenters. The van der Waals surface area contributed by atoms with Crippen LogP contribution >= 0.6 is 43.5 Å². The predicted molar refractivity (Wildman–Crippen MR) is 86.7 cm³/mol. The quantitative estimate of drug-likeness (QED) is 0.556. The third-order valence-electron chi connectivity index (χ3n) is 2.93. The number of H-pyrrole nitrogens is 1. The second kappa shape index (κ2) is 4.93. The average Bonchev–Trinajstić information content (AvgIpc) is 2.72. The van der Waals surface area contributed by atoms with Crippen LogP contribution in [0.1, 0.15) is 5.56 Å². The Morgan fingerprint density at radius 1 is 1.16 bits per heavy atom. The normalized spacial score (nSPS) is 11.2. The zero-order valence-corrected chi connectivity index (χ0v) is 13.9. The third kappa shape index (κ3) is 2.45. The van der Waals surface area contributed by atoms with Gasteiger partial charge in [0, 0.05) is 19.5 Å². The van der Waals surface area contributed by atoms with Gasteiger partial charge in [0.05, 0.1) is 11.0 Å². The van der Waals surface area contributed by atoms with Gasteiger partial charge in [-0.15, -0.1) is 0 Å². The summed E-state index contributed by atoms with van der Waals surface area (Å²) in [6.45, 7) is 2.05. The lowest BCUT2D eigenvalue weighted by atomic mass is 10.2. The summed E-state index contributed by atoms with van der Waals surface area (Å²) in [5, 5.41) is 0.700. The van der Waals surface area contributed by atoms with Crippen LogP contribution in [0.15, 0.2) is 39.3 Å². The second-order valence-electron chi connectivity index (χ2n) is 4.33. The van der Waals surface area contributed by atoms with Crippen molar-refractivity contribution in [2.45, 2.75) is 6.92 Å². The molecule has 0 saturated carbocycles. The molecule has 2 aromatic carbocycles. The minimum atomic E-state index is 0.700. The largest absolute Gasteiger partial charge is 0.338 e. The van der Waals surface area contributed by atoms with E-state index in [9.17, 15) is 0 Å². The Bertz CT molecular complexity index is 780. The van der Waals surface area contributed by atoms with Crippen LogP contribution in [0.2, 0.25) is 5.02 Å². The number of benzene rings is 2. The van der Waals surface area contributed by atoms with Gasteiger partial charge in [0.15, 0.2) is 0 Å². The Hall–Kier alpha value is -0.840. The van der Waals surface area contributed by atoms with Crippen molar-refractivity contribution in [3.05, 3.63) is 49.9 Å². The highest BCUT2D eigenvalue weighted by atomic mass is 79.9. The summed E-state index contributed by atoms with van der Waals surface area (Å²) in [7, 11) is 0. The molecular weight excluding hydrogens is 391 g/mol. The molecule has 19 heavy (non-hydrogen) atoms. The summed E-state index contributed by atoms with van der Waals surface area (Å²) in [5.41, 5.74) is 4.14. The Morgan fingerprint density at radius 2 is 1.95 bits per heavy atom. The molecular formula is C14H9Br2ClN2. The molecule has 3 rings (SSSR count). The lowest BCUT2D eigenvalue weighted by Crippen LogP contribution is -1.82. The van der Waals surface area contributed by atoms with E-state index < -0.39 is 0 Å². The molecule has 1 heterocycles. The molecule has 3 aromatic rings.